The Balaban J connectivity index is 2.26. The molecule has 3 rings (SSSR count). The fourth-order valence-corrected chi connectivity index (χ4v) is 2.63. The van der Waals surface area contributed by atoms with Crippen molar-refractivity contribution in [3.8, 4) is 17.0 Å². The lowest BCUT2D eigenvalue weighted by Crippen LogP contribution is -2.27. The van der Waals surface area contributed by atoms with Gasteiger partial charge in [-0.3, -0.25) is 0 Å². The highest BCUT2D eigenvalue weighted by Gasteiger charge is 2.18. The number of benzene rings is 2. The number of methoxy groups -OCH3 is 1. The van der Waals surface area contributed by atoms with Crippen LogP contribution in [0.2, 0.25) is 0 Å². The van der Waals surface area contributed by atoms with Crippen LogP contribution >= 0.6 is 0 Å². The van der Waals surface area contributed by atoms with Crippen molar-refractivity contribution in [2.75, 3.05) is 19.1 Å². The van der Waals surface area contributed by atoms with E-state index in [1.54, 1.807) is 25.3 Å². The molecule has 0 saturated heterocycles. The highest BCUT2D eigenvalue weighted by molar-refractivity contribution is 5.93. The van der Waals surface area contributed by atoms with Gasteiger partial charge in [-0.15, -0.1) is 0 Å². The Morgan fingerprint density at radius 3 is 2.54 bits per heavy atom. The van der Waals surface area contributed by atoms with Gasteiger partial charge in [0.1, 0.15) is 11.4 Å². The summed E-state index contributed by atoms with van der Waals surface area (Å²) < 4.78 is 5.33. The first-order valence-electron chi connectivity index (χ1n) is 8.33. The first kappa shape index (κ1) is 17.7. The Morgan fingerprint density at radius 2 is 1.88 bits per heavy atom. The number of aromatic nitrogens is 2. The fourth-order valence-electron chi connectivity index (χ4n) is 2.63. The van der Waals surface area contributed by atoms with Crippen molar-refractivity contribution in [2.24, 2.45) is 0 Å². The molecule has 134 valence electrons. The second kappa shape index (κ2) is 7.00. The van der Waals surface area contributed by atoms with Gasteiger partial charge in [0.2, 0.25) is 0 Å². The highest BCUT2D eigenvalue weighted by Crippen LogP contribution is 2.32. The van der Waals surface area contributed by atoms with Crippen LogP contribution in [-0.4, -0.2) is 41.2 Å². The number of anilines is 1. The number of fused-ring (bicyclic) bond motifs is 1. The van der Waals surface area contributed by atoms with Gasteiger partial charge in [-0.1, -0.05) is 12.1 Å². The molecule has 1 heterocycles. The van der Waals surface area contributed by atoms with Crippen LogP contribution < -0.4 is 9.64 Å². The van der Waals surface area contributed by atoms with Gasteiger partial charge in [0.15, 0.2) is 5.82 Å². The minimum Gasteiger partial charge on any atom is -0.497 e. The second-order valence-corrected chi connectivity index (χ2v) is 6.34. The van der Waals surface area contributed by atoms with Gasteiger partial charge >= 0.3 is 5.97 Å². The molecular formula is C20H21N3O3. The van der Waals surface area contributed by atoms with Crippen molar-refractivity contribution in [1.82, 2.24) is 9.97 Å². The first-order chi connectivity index (χ1) is 12.4. The maximum absolute atomic E-state index is 11.3. The lowest BCUT2D eigenvalue weighted by Gasteiger charge is -2.25. The summed E-state index contributed by atoms with van der Waals surface area (Å²) in [7, 11) is 3.57. The quantitative estimate of drug-likeness (QED) is 0.752. The third-order valence-corrected chi connectivity index (χ3v) is 4.34. The molecule has 1 N–H and O–H groups in total. The number of rotatable bonds is 5. The van der Waals surface area contributed by atoms with E-state index in [0.717, 1.165) is 17.0 Å². The third kappa shape index (κ3) is 3.31. The van der Waals surface area contributed by atoms with Gasteiger partial charge in [0.25, 0.3) is 0 Å². The zero-order chi connectivity index (χ0) is 18.8. The van der Waals surface area contributed by atoms with E-state index in [-0.39, 0.29) is 11.6 Å². The predicted octanol–water partition coefficient (Wildman–Crippen LogP) is 3.85. The van der Waals surface area contributed by atoms with Crippen LogP contribution in [0.3, 0.4) is 0 Å². The summed E-state index contributed by atoms with van der Waals surface area (Å²) in [6.07, 6.45) is 0. The molecule has 26 heavy (non-hydrogen) atoms. The number of carbonyl (C=O) groups is 1. The standard InChI is InChI=1S/C20H21N3O3/c1-12(2)23(3)19-18(13-6-5-7-15(10-13)26-4)21-16-9-8-14(20(24)25)11-17(16)22-19/h5-12H,1-4H3,(H,24,25). The maximum Gasteiger partial charge on any atom is 0.335 e. The Morgan fingerprint density at radius 1 is 1.12 bits per heavy atom. The van der Waals surface area contributed by atoms with E-state index in [2.05, 4.69) is 13.8 Å². The van der Waals surface area contributed by atoms with E-state index in [4.69, 9.17) is 14.7 Å². The van der Waals surface area contributed by atoms with E-state index in [9.17, 15) is 9.90 Å². The molecule has 0 aliphatic carbocycles. The van der Waals surface area contributed by atoms with Crippen molar-refractivity contribution in [3.05, 3.63) is 48.0 Å². The van der Waals surface area contributed by atoms with Crippen LogP contribution in [-0.2, 0) is 0 Å². The van der Waals surface area contributed by atoms with Gasteiger partial charge < -0.3 is 14.7 Å². The third-order valence-electron chi connectivity index (χ3n) is 4.34. The molecule has 6 nitrogen and oxygen atoms in total. The molecule has 0 aliphatic rings. The lowest BCUT2D eigenvalue weighted by atomic mass is 10.1. The Kier molecular flexibility index (Phi) is 4.75. The monoisotopic (exact) mass is 351 g/mol. The van der Waals surface area contributed by atoms with Crippen molar-refractivity contribution in [2.45, 2.75) is 19.9 Å². The number of carboxylic acids is 1. The van der Waals surface area contributed by atoms with Crippen LogP contribution in [0.25, 0.3) is 22.3 Å². The zero-order valence-electron chi connectivity index (χ0n) is 15.2. The number of hydrogen-bond acceptors (Lipinski definition) is 5. The van der Waals surface area contributed by atoms with Crippen molar-refractivity contribution < 1.29 is 14.6 Å². The molecule has 0 spiro atoms. The normalized spacial score (nSPS) is 11.0. The molecule has 0 radical (unpaired) electrons. The van der Waals surface area contributed by atoms with E-state index in [1.807, 2.05) is 36.2 Å². The van der Waals surface area contributed by atoms with E-state index < -0.39 is 5.97 Å². The van der Waals surface area contributed by atoms with Gasteiger partial charge in [0, 0.05) is 18.7 Å². The molecule has 0 amide bonds. The average molecular weight is 351 g/mol. The summed E-state index contributed by atoms with van der Waals surface area (Å²) in [5, 5.41) is 9.23. The summed E-state index contributed by atoms with van der Waals surface area (Å²) in [6.45, 7) is 4.13. The molecule has 0 saturated carbocycles. The lowest BCUT2D eigenvalue weighted by molar-refractivity contribution is 0.0697. The number of ether oxygens (including phenoxy) is 1. The Bertz CT molecular complexity index is 970. The summed E-state index contributed by atoms with van der Waals surface area (Å²) in [6, 6.07) is 12.7. The van der Waals surface area contributed by atoms with Crippen LogP contribution in [0, 0.1) is 0 Å². The number of carboxylic acid groups (broad SMARTS) is 1. The highest BCUT2D eigenvalue weighted by atomic mass is 16.5. The molecule has 3 aromatic rings. The Labute approximate surface area is 152 Å². The molecule has 0 aliphatic heterocycles. The van der Waals surface area contributed by atoms with Gasteiger partial charge in [-0.25, -0.2) is 14.8 Å². The topological polar surface area (TPSA) is 75.5 Å². The van der Waals surface area contributed by atoms with Crippen LogP contribution in [0.4, 0.5) is 5.82 Å². The predicted molar refractivity (Wildman–Crippen MR) is 102 cm³/mol. The number of aromatic carboxylic acids is 1. The SMILES string of the molecule is COc1cccc(-c2nc3ccc(C(=O)O)cc3nc2N(C)C(C)C)c1. The molecular weight excluding hydrogens is 330 g/mol. The average Bonchev–Trinajstić information content (AvgIpc) is 2.65. The number of hydrogen-bond donors (Lipinski definition) is 1. The van der Waals surface area contributed by atoms with E-state index >= 15 is 0 Å². The molecule has 0 unspecified atom stereocenters. The summed E-state index contributed by atoms with van der Waals surface area (Å²) in [5.74, 6) is 0.455. The minimum absolute atomic E-state index is 0.194. The summed E-state index contributed by atoms with van der Waals surface area (Å²) in [5.41, 5.74) is 3.02. The van der Waals surface area contributed by atoms with E-state index in [0.29, 0.717) is 16.9 Å². The molecule has 0 fully saturated rings. The van der Waals surface area contributed by atoms with Crippen molar-refractivity contribution in [3.63, 3.8) is 0 Å². The molecule has 0 atom stereocenters. The van der Waals surface area contributed by atoms with Gasteiger partial charge in [0.05, 0.1) is 23.7 Å². The van der Waals surface area contributed by atoms with E-state index in [1.165, 1.54) is 0 Å². The second-order valence-electron chi connectivity index (χ2n) is 6.34. The number of nitrogens with zero attached hydrogens (tertiary/aromatic N) is 3. The van der Waals surface area contributed by atoms with Crippen molar-refractivity contribution >= 4 is 22.8 Å². The van der Waals surface area contributed by atoms with Crippen molar-refractivity contribution in [1.29, 1.82) is 0 Å². The molecule has 0 bridgehead atoms. The maximum atomic E-state index is 11.3. The minimum atomic E-state index is -0.982. The first-order valence-corrected chi connectivity index (χ1v) is 8.33. The molecule has 2 aromatic carbocycles. The molecule has 1 aromatic heterocycles. The Hall–Kier alpha value is -3.15. The van der Waals surface area contributed by atoms with Crippen LogP contribution in [0.5, 0.6) is 5.75 Å². The smallest absolute Gasteiger partial charge is 0.335 e. The van der Waals surface area contributed by atoms with Gasteiger partial charge in [-0.05, 0) is 44.2 Å². The summed E-state index contributed by atoms with van der Waals surface area (Å²) in [4.78, 5) is 22.8. The van der Waals surface area contributed by atoms with Gasteiger partial charge in [-0.2, -0.15) is 0 Å². The largest absolute Gasteiger partial charge is 0.497 e. The van der Waals surface area contributed by atoms with Crippen LogP contribution in [0.1, 0.15) is 24.2 Å². The van der Waals surface area contributed by atoms with Crippen LogP contribution in [0.15, 0.2) is 42.5 Å². The molecule has 6 heteroatoms. The summed E-state index contributed by atoms with van der Waals surface area (Å²) >= 11 is 0. The zero-order valence-corrected chi connectivity index (χ0v) is 15.2. The fraction of sp³-hybridized carbons (Fsp3) is 0.250.